The lowest BCUT2D eigenvalue weighted by molar-refractivity contribution is 0.744. The first-order chi connectivity index (χ1) is 9.70. The van der Waals surface area contributed by atoms with Gasteiger partial charge in [-0.25, -0.2) is 0 Å². The van der Waals surface area contributed by atoms with Gasteiger partial charge in [0.2, 0.25) is 0 Å². The molecule has 1 saturated carbocycles. The van der Waals surface area contributed by atoms with Crippen LogP contribution in [0, 0.1) is 5.92 Å². The number of nitrogens with zero attached hydrogens (tertiary/aromatic N) is 1. The van der Waals surface area contributed by atoms with E-state index in [0.717, 1.165) is 30.0 Å². The first-order valence-corrected chi connectivity index (χ1v) is 7.68. The molecule has 0 radical (unpaired) electrons. The SMILES string of the molecule is CCN(CC1CC1)c1ccc(C(N)=S)c2ccccc12. The van der Waals surface area contributed by atoms with E-state index >= 15 is 0 Å². The van der Waals surface area contributed by atoms with E-state index in [-0.39, 0.29) is 0 Å². The van der Waals surface area contributed by atoms with Crippen molar-refractivity contribution in [3.63, 3.8) is 0 Å². The molecule has 20 heavy (non-hydrogen) atoms. The smallest absolute Gasteiger partial charge is 0.104 e. The molecule has 104 valence electrons. The van der Waals surface area contributed by atoms with Gasteiger partial charge < -0.3 is 10.6 Å². The van der Waals surface area contributed by atoms with Crippen molar-refractivity contribution in [3.05, 3.63) is 42.0 Å². The number of hydrogen-bond donors (Lipinski definition) is 1. The number of rotatable bonds is 5. The third-order valence-corrected chi connectivity index (χ3v) is 4.28. The third-order valence-electron chi connectivity index (χ3n) is 4.06. The zero-order chi connectivity index (χ0) is 14.1. The van der Waals surface area contributed by atoms with Crippen molar-refractivity contribution in [1.82, 2.24) is 0 Å². The fourth-order valence-electron chi connectivity index (χ4n) is 2.78. The van der Waals surface area contributed by atoms with Gasteiger partial charge in [0.25, 0.3) is 0 Å². The van der Waals surface area contributed by atoms with Crippen molar-refractivity contribution in [2.75, 3.05) is 18.0 Å². The van der Waals surface area contributed by atoms with Gasteiger partial charge in [-0.05, 0) is 43.2 Å². The molecular weight excluding hydrogens is 264 g/mol. The molecule has 2 nitrogen and oxygen atoms in total. The lowest BCUT2D eigenvalue weighted by Gasteiger charge is -2.25. The first-order valence-electron chi connectivity index (χ1n) is 7.27. The van der Waals surface area contributed by atoms with Crippen LogP contribution in [0.25, 0.3) is 10.8 Å². The van der Waals surface area contributed by atoms with Crippen LogP contribution in [0.5, 0.6) is 0 Å². The zero-order valence-corrected chi connectivity index (χ0v) is 12.6. The van der Waals surface area contributed by atoms with Crippen LogP contribution in [0.4, 0.5) is 5.69 Å². The van der Waals surface area contributed by atoms with Crippen molar-refractivity contribution in [3.8, 4) is 0 Å². The fourth-order valence-corrected chi connectivity index (χ4v) is 2.96. The molecule has 1 aliphatic rings. The highest BCUT2D eigenvalue weighted by atomic mass is 32.1. The van der Waals surface area contributed by atoms with Crippen LogP contribution in [-0.2, 0) is 0 Å². The Morgan fingerprint density at radius 2 is 1.90 bits per heavy atom. The van der Waals surface area contributed by atoms with Crippen LogP contribution in [0.1, 0.15) is 25.3 Å². The van der Waals surface area contributed by atoms with Gasteiger partial charge in [0, 0.05) is 29.7 Å². The van der Waals surface area contributed by atoms with Crippen LogP contribution < -0.4 is 10.6 Å². The maximum absolute atomic E-state index is 5.85. The minimum absolute atomic E-state index is 0.470. The molecular formula is C17H20N2S. The Labute approximate surface area is 125 Å². The molecule has 0 bridgehead atoms. The summed E-state index contributed by atoms with van der Waals surface area (Å²) < 4.78 is 0. The molecule has 1 fully saturated rings. The molecule has 2 aromatic rings. The van der Waals surface area contributed by atoms with Gasteiger partial charge >= 0.3 is 0 Å². The normalized spacial score (nSPS) is 14.4. The molecule has 3 heteroatoms. The van der Waals surface area contributed by atoms with E-state index in [2.05, 4.69) is 42.2 Å². The van der Waals surface area contributed by atoms with E-state index in [1.54, 1.807) is 0 Å². The van der Waals surface area contributed by atoms with Gasteiger partial charge in [-0.15, -0.1) is 0 Å². The Kier molecular flexibility index (Phi) is 3.62. The van der Waals surface area contributed by atoms with E-state index in [1.165, 1.54) is 23.9 Å². The highest BCUT2D eigenvalue weighted by Gasteiger charge is 2.24. The van der Waals surface area contributed by atoms with Gasteiger partial charge in [0.1, 0.15) is 4.99 Å². The molecule has 0 unspecified atom stereocenters. The number of benzene rings is 2. The van der Waals surface area contributed by atoms with Crippen LogP contribution in [0.15, 0.2) is 36.4 Å². The second-order valence-corrected chi connectivity index (χ2v) is 5.96. The largest absolute Gasteiger partial charge is 0.389 e. The number of fused-ring (bicyclic) bond motifs is 1. The molecule has 0 spiro atoms. The van der Waals surface area contributed by atoms with Crippen LogP contribution >= 0.6 is 12.2 Å². The molecule has 0 aromatic heterocycles. The molecule has 0 aliphatic heterocycles. The van der Waals surface area contributed by atoms with Gasteiger partial charge in [-0.2, -0.15) is 0 Å². The van der Waals surface area contributed by atoms with Crippen LogP contribution in [0.3, 0.4) is 0 Å². The Balaban J connectivity index is 2.10. The fraction of sp³-hybridized carbons (Fsp3) is 0.353. The summed E-state index contributed by atoms with van der Waals surface area (Å²) in [6, 6.07) is 12.6. The summed E-state index contributed by atoms with van der Waals surface area (Å²) >= 11 is 5.17. The van der Waals surface area contributed by atoms with E-state index in [0.29, 0.717) is 4.99 Å². The summed E-state index contributed by atoms with van der Waals surface area (Å²) in [7, 11) is 0. The molecule has 0 heterocycles. The van der Waals surface area contributed by atoms with E-state index < -0.39 is 0 Å². The van der Waals surface area contributed by atoms with Crippen molar-refractivity contribution >= 4 is 33.7 Å². The van der Waals surface area contributed by atoms with Gasteiger partial charge in [-0.1, -0.05) is 36.5 Å². The average molecular weight is 284 g/mol. The summed E-state index contributed by atoms with van der Waals surface area (Å²) in [5.41, 5.74) is 8.12. The zero-order valence-electron chi connectivity index (χ0n) is 11.8. The predicted octanol–water partition coefficient (Wildman–Crippen LogP) is 3.71. The van der Waals surface area contributed by atoms with E-state index in [4.69, 9.17) is 18.0 Å². The van der Waals surface area contributed by atoms with Crippen LogP contribution in [-0.4, -0.2) is 18.1 Å². The lowest BCUT2D eigenvalue weighted by atomic mass is 10.0. The molecule has 1 aliphatic carbocycles. The quantitative estimate of drug-likeness (QED) is 0.849. The first kappa shape index (κ1) is 13.4. The Morgan fingerprint density at radius 1 is 1.20 bits per heavy atom. The molecule has 3 rings (SSSR count). The van der Waals surface area contributed by atoms with Crippen molar-refractivity contribution in [1.29, 1.82) is 0 Å². The van der Waals surface area contributed by atoms with E-state index in [1.807, 2.05) is 6.07 Å². The molecule has 2 N–H and O–H groups in total. The third kappa shape index (κ3) is 2.50. The summed E-state index contributed by atoms with van der Waals surface area (Å²) in [5, 5.41) is 2.41. The summed E-state index contributed by atoms with van der Waals surface area (Å²) in [6.07, 6.45) is 2.75. The lowest BCUT2D eigenvalue weighted by Crippen LogP contribution is -2.25. The topological polar surface area (TPSA) is 29.3 Å². The Bertz CT molecular complexity index is 646. The van der Waals surface area contributed by atoms with Crippen LogP contribution in [0.2, 0.25) is 0 Å². The number of hydrogen-bond acceptors (Lipinski definition) is 2. The second kappa shape index (κ2) is 5.41. The Hall–Kier alpha value is -1.61. The standard InChI is InChI=1S/C17H20N2S/c1-2-19(11-12-7-8-12)16-10-9-15(17(18)20)13-5-3-4-6-14(13)16/h3-6,9-10,12H,2,7-8,11H2,1H3,(H2,18,20). The number of anilines is 1. The molecule has 0 saturated heterocycles. The molecule has 0 atom stereocenters. The monoisotopic (exact) mass is 284 g/mol. The minimum atomic E-state index is 0.470. The summed E-state index contributed by atoms with van der Waals surface area (Å²) in [5.74, 6) is 0.879. The summed E-state index contributed by atoms with van der Waals surface area (Å²) in [4.78, 5) is 2.95. The number of nitrogens with two attached hydrogens (primary N) is 1. The second-order valence-electron chi connectivity index (χ2n) is 5.52. The highest BCUT2D eigenvalue weighted by molar-refractivity contribution is 7.80. The maximum Gasteiger partial charge on any atom is 0.104 e. The minimum Gasteiger partial charge on any atom is -0.389 e. The number of thiocarbonyl (C=S) groups is 1. The maximum atomic E-state index is 5.85. The molecule has 2 aromatic carbocycles. The van der Waals surface area contributed by atoms with Crippen molar-refractivity contribution in [2.45, 2.75) is 19.8 Å². The van der Waals surface area contributed by atoms with Gasteiger partial charge in [0.05, 0.1) is 0 Å². The average Bonchev–Trinajstić information content (AvgIpc) is 3.27. The Morgan fingerprint density at radius 3 is 2.50 bits per heavy atom. The van der Waals surface area contributed by atoms with E-state index in [9.17, 15) is 0 Å². The highest BCUT2D eigenvalue weighted by Crippen LogP contribution is 2.34. The summed E-state index contributed by atoms with van der Waals surface area (Å²) in [6.45, 7) is 4.42. The van der Waals surface area contributed by atoms with Crippen molar-refractivity contribution in [2.24, 2.45) is 11.7 Å². The molecule has 0 amide bonds. The predicted molar refractivity (Wildman–Crippen MR) is 90.4 cm³/mol. The van der Waals surface area contributed by atoms with Gasteiger partial charge in [0.15, 0.2) is 0 Å². The van der Waals surface area contributed by atoms with Gasteiger partial charge in [-0.3, -0.25) is 0 Å². The van der Waals surface area contributed by atoms with Crippen molar-refractivity contribution < 1.29 is 0 Å².